The lowest BCUT2D eigenvalue weighted by Gasteiger charge is -2.33. The van der Waals surface area contributed by atoms with Gasteiger partial charge in [-0.05, 0) is 50.3 Å². The van der Waals surface area contributed by atoms with E-state index in [9.17, 15) is 19.2 Å². The third-order valence-electron chi connectivity index (χ3n) is 7.84. The van der Waals surface area contributed by atoms with Crippen molar-refractivity contribution in [2.45, 2.75) is 91.3 Å². The van der Waals surface area contributed by atoms with Crippen molar-refractivity contribution in [1.29, 1.82) is 0 Å². The molecule has 0 radical (unpaired) electrons. The van der Waals surface area contributed by atoms with Crippen LogP contribution < -0.4 is 21.7 Å². The highest BCUT2D eigenvalue weighted by Crippen LogP contribution is 2.45. The monoisotopic (exact) mass is 556 g/mol. The summed E-state index contributed by atoms with van der Waals surface area (Å²) in [5, 5.41) is 8.19. The molecule has 0 spiro atoms. The van der Waals surface area contributed by atoms with E-state index in [1.807, 2.05) is 45.0 Å². The van der Waals surface area contributed by atoms with Crippen molar-refractivity contribution >= 4 is 23.7 Å². The van der Waals surface area contributed by atoms with Crippen LogP contribution in [0.4, 0.5) is 0 Å². The van der Waals surface area contributed by atoms with Crippen molar-refractivity contribution in [1.82, 2.24) is 16.0 Å². The fraction of sp³-hybridized carbons (Fsp3) is 0.600. The van der Waals surface area contributed by atoms with E-state index in [4.69, 9.17) is 15.2 Å². The van der Waals surface area contributed by atoms with Crippen molar-refractivity contribution in [2.24, 2.45) is 23.0 Å². The van der Waals surface area contributed by atoms with Gasteiger partial charge in [0.15, 0.2) is 0 Å². The lowest BCUT2D eigenvalue weighted by Crippen LogP contribution is -2.56. The van der Waals surface area contributed by atoms with Crippen molar-refractivity contribution < 1.29 is 28.7 Å². The lowest BCUT2D eigenvalue weighted by atomic mass is 9.83. The first-order valence-corrected chi connectivity index (χ1v) is 14.0. The van der Waals surface area contributed by atoms with Crippen LogP contribution >= 0.6 is 0 Å². The fourth-order valence-corrected chi connectivity index (χ4v) is 4.68. The average Bonchev–Trinajstić information content (AvgIpc) is 3.70. The van der Waals surface area contributed by atoms with E-state index in [-0.39, 0.29) is 42.9 Å². The maximum Gasteiger partial charge on any atom is 0.328 e. The molecule has 1 saturated heterocycles. The molecule has 1 aromatic carbocycles. The molecule has 0 aromatic heterocycles. The smallest absolute Gasteiger partial charge is 0.328 e. The molecule has 2 aliphatic rings. The molecular formula is C30H44N4O6. The molecule has 3 amide bonds. The number of ether oxygens (including phenoxy) is 2. The highest BCUT2D eigenvalue weighted by atomic mass is 16.6. The Bertz CT molecular complexity index is 1100. The van der Waals surface area contributed by atoms with Gasteiger partial charge in [0.05, 0.1) is 18.1 Å². The van der Waals surface area contributed by atoms with Crippen molar-refractivity contribution in [3.05, 3.63) is 47.5 Å². The number of hydrogen-bond donors (Lipinski definition) is 4. The van der Waals surface area contributed by atoms with Gasteiger partial charge in [-0.1, -0.05) is 51.1 Å². The molecule has 40 heavy (non-hydrogen) atoms. The lowest BCUT2D eigenvalue weighted by molar-refractivity contribution is -0.157. The zero-order valence-corrected chi connectivity index (χ0v) is 24.4. The molecule has 10 nitrogen and oxygen atoms in total. The van der Waals surface area contributed by atoms with Gasteiger partial charge in [-0.15, -0.1) is 0 Å². The summed E-state index contributed by atoms with van der Waals surface area (Å²) in [6.45, 7) is 11.2. The summed E-state index contributed by atoms with van der Waals surface area (Å²) in [6, 6.07) is 6.47. The molecule has 2 heterocycles. The number of nitrogens with one attached hydrogen (secondary N) is 3. The van der Waals surface area contributed by atoms with E-state index in [1.165, 1.54) is 6.08 Å². The third kappa shape index (κ3) is 8.14. The molecule has 10 heteroatoms. The number of esters is 1. The molecule has 5 N–H and O–H groups in total. The number of cyclic esters (lactones) is 1. The number of carbonyl (C=O) groups is 4. The van der Waals surface area contributed by atoms with Crippen molar-refractivity contribution in [2.75, 3.05) is 6.54 Å². The van der Waals surface area contributed by atoms with Crippen LogP contribution in [0.15, 0.2) is 36.4 Å². The van der Waals surface area contributed by atoms with Gasteiger partial charge in [-0.25, -0.2) is 4.79 Å². The molecule has 0 bridgehead atoms. The Kier molecular flexibility index (Phi) is 10.5. The third-order valence-corrected chi connectivity index (χ3v) is 7.84. The van der Waals surface area contributed by atoms with E-state index in [2.05, 4.69) is 16.0 Å². The SMILES string of the molecule is CC(C)C[C@@H]1NC(=O)C(C)(C)C(C)NC(=O)CNC(=O)/C=C/C[C@@H]([C@H](C)C2OC2c2ccc(CN)cc2)OC1=O. The molecule has 3 rings (SSSR count). The average molecular weight is 557 g/mol. The van der Waals surface area contributed by atoms with Gasteiger partial charge in [0.2, 0.25) is 17.7 Å². The Hall–Kier alpha value is -3.24. The summed E-state index contributed by atoms with van der Waals surface area (Å²) in [4.78, 5) is 51.6. The summed E-state index contributed by atoms with van der Waals surface area (Å²) < 4.78 is 12.0. The molecule has 2 aliphatic heterocycles. The summed E-state index contributed by atoms with van der Waals surface area (Å²) in [7, 11) is 0. The van der Waals surface area contributed by atoms with Gasteiger partial charge in [0, 0.05) is 24.9 Å². The predicted molar refractivity (Wildman–Crippen MR) is 151 cm³/mol. The molecule has 0 aliphatic carbocycles. The highest BCUT2D eigenvalue weighted by molar-refractivity contribution is 5.92. The van der Waals surface area contributed by atoms with Gasteiger partial charge in [-0.2, -0.15) is 0 Å². The standard InChI is InChI=1S/C30H44N4O6/c1-17(2)14-22-28(37)39-23(18(3)26-27(40-26)21-12-10-20(15-31)11-13-21)8-7-9-24(35)32-16-25(36)33-19(4)30(5,6)29(38)34-22/h7,9-13,17-19,22-23,26-27H,8,14-16,31H2,1-6H3,(H,32,35)(H,33,36)(H,34,38)/b9-7+/t18-,19?,22-,23-,26?,27?/m0/s1. The first kappa shape index (κ1) is 31.3. The van der Waals surface area contributed by atoms with Gasteiger partial charge in [0.25, 0.3) is 0 Å². The highest BCUT2D eigenvalue weighted by Gasteiger charge is 2.48. The van der Waals surface area contributed by atoms with Crippen LogP contribution in [-0.4, -0.2) is 54.5 Å². The molecule has 6 atom stereocenters. The second-order valence-corrected chi connectivity index (χ2v) is 11.8. The quantitative estimate of drug-likeness (QED) is 0.310. The number of rotatable bonds is 6. The molecule has 3 unspecified atom stereocenters. The number of carbonyl (C=O) groups excluding carboxylic acids is 4. The summed E-state index contributed by atoms with van der Waals surface area (Å²) in [6.07, 6.45) is 2.68. The Morgan fingerprint density at radius 2 is 1.73 bits per heavy atom. The summed E-state index contributed by atoms with van der Waals surface area (Å²) in [5.41, 5.74) is 6.72. The molecule has 220 valence electrons. The van der Waals surface area contributed by atoms with Crippen molar-refractivity contribution in [3.8, 4) is 0 Å². The molecule has 1 aromatic rings. The number of epoxide rings is 1. The maximum absolute atomic E-state index is 13.5. The van der Waals surface area contributed by atoms with E-state index in [1.54, 1.807) is 26.8 Å². The zero-order chi connectivity index (χ0) is 29.6. The van der Waals surface area contributed by atoms with Gasteiger partial charge in [0.1, 0.15) is 18.2 Å². The summed E-state index contributed by atoms with van der Waals surface area (Å²) in [5.74, 6) is -1.87. The Morgan fingerprint density at radius 1 is 1.05 bits per heavy atom. The van der Waals surface area contributed by atoms with Crippen LogP contribution in [-0.2, 0) is 35.2 Å². The Labute approximate surface area is 236 Å². The molecule has 0 saturated carbocycles. The Balaban J connectivity index is 1.85. The first-order valence-electron chi connectivity index (χ1n) is 14.0. The van der Waals surface area contributed by atoms with Crippen LogP contribution in [0.25, 0.3) is 0 Å². The number of hydrogen-bond acceptors (Lipinski definition) is 7. The minimum absolute atomic E-state index is 0.107. The number of nitrogens with two attached hydrogens (primary N) is 1. The zero-order valence-electron chi connectivity index (χ0n) is 24.4. The minimum Gasteiger partial charge on any atom is -0.460 e. The van der Waals surface area contributed by atoms with Gasteiger partial charge < -0.3 is 31.2 Å². The van der Waals surface area contributed by atoms with Crippen LogP contribution in [0, 0.1) is 17.3 Å². The van der Waals surface area contributed by atoms with Crippen LogP contribution in [0.3, 0.4) is 0 Å². The van der Waals surface area contributed by atoms with E-state index in [0.717, 1.165) is 11.1 Å². The van der Waals surface area contributed by atoms with Crippen molar-refractivity contribution in [3.63, 3.8) is 0 Å². The van der Waals surface area contributed by atoms with Gasteiger partial charge >= 0.3 is 5.97 Å². The normalized spacial score (nSPS) is 29.6. The largest absolute Gasteiger partial charge is 0.460 e. The topological polar surface area (TPSA) is 152 Å². The maximum atomic E-state index is 13.5. The van der Waals surface area contributed by atoms with E-state index in [0.29, 0.717) is 13.0 Å². The second kappa shape index (κ2) is 13.4. The van der Waals surface area contributed by atoms with Crippen LogP contribution in [0.1, 0.15) is 71.6 Å². The molecule has 1 fully saturated rings. The van der Waals surface area contributed by atoms with Crippen LogP contribution in [0.5, 0.6) is 0 Å². The first-order chi connectivity index (χ1) is 18.8. The van der Waals surface area contributed by atoms with E-state index >= 15 is 0 Å². The minimum atomic E-state index is -1.03. The van der Waals surface area contributed by atoms with E-state index < -0.39 is 41.4 Å². The second-order valence-electron chi connectivity index (χ2n) is 11.8. The van der Waals surface area contributed by atoms with Gasteiger partial charge in [-0.3, -0.25) is 14.4 Å². The predicted octanol–water partition coefficient (Wildman–Crippen LogP) is 2.27. The fourth-order valence-electron chi connectivity index (χ4n) is 4.68. The summed E-state index contributed by atoms with van der Waals surface area (Å²) >= 11 is 0. The number of amides is 3. The molecular weight excluding hydrogens is 512 g/mol. The van der Waals surface area contributed by atoms with Crippen LogP contribution in [0.2, 0.25) is 0 Å². The Morgan fingerprint density at radius 3 is 2.35 bits per heavy atom. The number of benzene rings is 1.